The van der Waals surface area contributed by atoms with Crippen molar-refractivity contribution in [1.29, 1.82) is 0 Å². The molecule has 0 aliphatic rings. The first-order valence-corrected chi connectivity index (χ1v) is 7.18. The number of pyridine rings is 1. The molecule has 4 rings (SSSR count). The maximum atomic E-state index is 5.81. The molecule has 0 bridgehead atoms. The topological polar surface area (TPSA) is 69.1 Å². The normalized spacial score (nSPS) is 11.1. The van der Waals surface area contributed by atoms with E-state index < -0.39 is 0 Å². The molecule has 0 saturated carbocycles. The molecular weight excluding hydrogens is 302 g/mol. The Morgan fingerprint density at radius 1 is 1.05 bits per heavy atom. The summed E-state index contributed by atoms with van der Waals surface area (Å²) >= 11 is 5.81. The molecule has 0 amide bonds. The number of benzene rings is 1. The van der Waals surface area contributed by atoms with E-state index in [1.807, 2.05) is 53.1 Å². The predicted molar refractivity (Wildman–Crippen MR) is 81.3 cm³/mol. The van der Waals surface area contributed by atoms with E-state index in [2.05, 4.69) is 20.3 Å². The van der Waals surface area contributed by atoms with Gasteiger partial charge in [0.1, 0.15) is 0 Å². The second-order valence-electron chi connectivity index (χ2n) is 4.68. The van der Waals surface area contributed by atoms with Crippen LogP contribution in [0.5, 0.6) is 0 Å². The molecule has 0 unspecified atom stereocenters. The number of aromatic nitrogens is 5. The average Bonchev–Trinajstić information content (AvgIpc) is 3.22. The molecule has 6 nitrogen and oxygen atoms in total. The van der Waals surface area contributed by atoms with Gasteiger partial charge in [0.05, 0.1) is 5.88 Å². The molecule has 0 N–H and O–H groups in total. The van der Waals surface area contributed by atoms with Gasteiger partial charge in [-0.05, 0) is 12.1 Å². The third-order valence-electron chi connectivity index (χ3n) is 3.31. The van der Waals surface area contributed by atoms with Crippen LogP contribution in [0.25, 0.3) is 28.5 Å². The Kier molecular flexibility index (Phi) is 3.08. The van der Waals surface area contributed by atoms with Crippen LogP contribution in [0.1, 0.15) is 5.82 Å². The highest BCUT2D eigenvalue weighted by molar-refractivity contribution is 6.16. The van der Waals surface area contributed by atoms with Crippen molar-refractivity contribution in [1.82, 2.24) is 24.7 Å². The van der Waals surface area contributed by atoms with E-state index in [4.69, 9.17) is 16.1 Å². The monoisotopic (exact) mass is 311 g/mol. The first-order chi connectivity index (χ1) is 10.8. The highest BCUT2D eigenvalue weighted by Crippen LogP contribution is 2.23. The fraction of sp³-hybridized carbons (Fsp3) is 0.0667. The van der Waals surface area contributed by atoms with E-state index in [1.165, 1.54) is 0 Å². The number of halogens is 1. The van der Waals surface area contributed by atoms with Crippen LogP contribution in [0.15, 0.2) is 53.2 Å². The molecule has 0 saturated heterocycles. The van der Waals surface area contributed by atoms with Gasteiger partial charge in [0.25, 0.3) is 5.89 Å². The average molecular weight is 312 g/mol. The van der Waals surface area contributed by atoms with Crippen LogP contribution in [0, 0.1) is 0 Å². The van der Waals surface area contributed by atoms with Crippen LogP contribution in [-0.4, -0.2) is 24.7 Å². The molecule has 0 radical (unpaired) electrons. The number of fused-ring (bicyclic) bond motifs is 1. The number of hydrogen-bond donors (Lipinski definition) is 0. The summed E-state index contributed by atoms with van der Waals surface area (Å²) in [5.41, 5.74) is 2.38. The van der Waals surface area contributed by atoms with Gasteiger partial charge in [-0.25, -0.2) is 0 Å². The second-order valence-corrected chi connectivity index (χ2v) is 4.95. The Bertz CT molecular complexity index is 931. The van der Waals surface area contributed by atoms with Crippen molar-refractivity contribution in [3.8, 4) is 22.8 Å². The molecule has 108 valence electrons. The molecule has 0 spiro atoms. The molecule has 4 aromatic rings. The van der Waals surface area contributed by atoms with Gasteiger partial charge in [0, 0.05) is 17.3 Å². The maximum Gasteiger partial charge on any atom is 0.258 e. The standard InChI is InChI=1S/C15H10ClN5O/c16-9-13-19-18-12-8-11(6-7-21(12)13)15-17-14(20-22-15)10-4-2-1-3-5-10/h1-8H,9H2. The van der Waals surface area contributed by atoms with Crippen LogP contribution < -0.4 is 0 Å². The molecule has 0 fully saturated rings. The summed E-state index contributed by atoms with van der Waals surface area (Å²) in [5.74, 6) is 1.99. The van der Waals surface area contributed by atoms with Crippen LogP contribution >= 0.6 is 11.6 Å². The van der Waals surface area contributed by atoms with E-state index in [1.54, 1.807) is 0 Å². The van der Waals surface area contributed by atoms with Gasteiger partial charge in [-0.1, -0.05) is 35.5 Å². The molecule has 1 aromatic carbocycles. The van der Waals surface area contributed by atoms with Crippen molar-refractivity contribution in [2.45, 2.75) is 5.88 Å². The van der Waals surface area contributed by atoms with Crippen molar-refractivity contribution in [3.63, 3.8) is 0 Å². The lowest BCUT2D eigenvalue weighted by Crippen LogP contribution is -1.91. The van der Waals surface area contributed by atoms with Gasteiger partial charge in [0.15, 0.2) is 11.5 Å². The number of hydrogen-bond acceptors (Lipinski definition) is 5. The molecule has 0 aliphatic carbocycles. The molecule has 22 heavy (non-hydrogen) atoms. The van der Waals surface area contributed by atoms with Gasteiger partial charge < -0.3 is 4.52 Å². The third-order valence-corrected chi connectivity index (χ3v) is 3.54. The highest BCUT2D eigenvalue weighted by atomic mass is 35.5. The summed E-state index contributed by atoms with van der Waals surface area (Å²) in [5, 5.41) is 12.1. The summed E-state index contributed by atoms with van der Waals surface area (Å²) in [4.78, 5) is 4.42. The van der Waals surface area contributed by atoms with Crippen LogP contribution in [-0.2, 0) is 5.88 Å². The minimum Gasteiger partial charge on any atom is -0.334 e. The third kappa shape index (κ3) is 2.14. The zero-order valence-electron chi connectivity index (χ0n) is 11.3. The first-order valence-electron chi connectivity index (χ1n) is 6.64. The maximum absolute atomic E-state index is 5.81. The number of rotatable bonds is 3. The molecule has 3 aromatic heterocycles. The van der Waals surface area contributed by atoms with Crippen molar-refractivity contribution >= 4 is 17.2 Å². The van der Waals surface area contributed by atoms with Gasteiger partial charge in [-0.2, -0.15) is 4.98 Å². The lowest BCUT2D eigenvalue weighted by molar-refractivity contribution is 0.432. The Morgan fingerprint density at radius 3 is 2.73 bits per heavy atom. The van der Waals surface area contributed by atoms with Crippen molar-refractivity contribution in [2.75, 3.05) is 0 Å². The Hall–Kier alpha value is -2.73. The van der Waals surface area contributed by atoms with Gasteiger partial charge >= 0.3 is 0 Å². The second kappa shape index (κ2) is 5.23. The first kappa shape index (κ1) is 13.0. The summed E-state index contributed by atoms with van der Waals surface area (Å²) < 4.78 is 7.17. The van der Waals surface area contributed by atoms with Crippen LogP contribution in [0.4, 0.5) is 0 Å². The smallest absolute Gasteiger partial charge is 0.258 e. The Balaban J connectivity index is 1.75. The largest absolute Gasteiger partial charge is 0.334 e. The van der Waals surface area contributed by atoms with Gasteiger partial charge in [0.2, 0.25) is 5.82 Å². The fourth-order valence-corrected chi connectivity index (χ4v) is 2.39. The molecule has 7 heteroatoms. The van der Waals surface area contributed by atoms with E-state index >= 15 is 0 Å². The van der Waals surface area contributed by atoms with E-state index in [0.717, 1.165) is 11.1 Å². The summed E-state index contributed by atoms with van der Waals surface area (Å²) in [6.45, 7) is 0. The highest BCUT2D eigenvalue weighted by Gasteiger charge is 2.12. The fourth-order valence-electron chi connectivity index (χ4n) is 2.21. The van der Waals surface area contributed by atoms with Crippen molar-refractivity contribution < 1.29 is 4.52 Å². The summed E-state index contributed by atoms with van der Waals surface area (Å²) in [7, 11) is 0. The minimum absolute atomic E-state index is 0.305. The Labute approximate surface area is 130 Å². The van der Waals surface area contributed by atoms with Crippen LogP contribution in [0.2, 0.25) is 0 Å². The molecule has 3 heterocycles. The molecule has 0 aliphatic heterocycles. The number of nitrogens with zero attached hydrogens (tertiary/aromatic N) is 5. The van der Waals surface area contributed by atoms with Crippen molar-refractivity contribution in [3.05, 3.63) is 54.5 Å². The van der Waals surface area contributed by atoms with Gasteiger partial charge in [-0.15, -0.1) is 21.8 Å². The predicted octanol–water partition coefficient (Wildman–Crippen LogP) is 3.19. The molecular formula is C15H10ClN5O. The lowest BCUT2D eigenvalue weighted by atomic mass is 10.2. The van der Waals surface area contributed by atoms with E-state index in [0.29, 0.717) is 29.1 Å². The van der Waals surface area contributed by atoms with Crippen molar-refractivity contribution in [2.24, 2.45) is 0 Å². The van der Waals surface area contributed by atoms with E-state index in [9.17, 15) is 0 Å². The zero-order chi connectivity index (χ0) is 14.9. The minimum atomic E-state index is 0.305. The quantitative estimate of drug-likeness (QED) is 0.543. The lowest BCUT2D eigenvalue weighted by Gasteiger charge is -1.97. The number of alkyl halides is 1. The Morgan fingerprint density at radius 2 is 1.91 bits per heavy atom. The van der Waals surface area contributed by atoms with E-state index in [-0.39, 0.29) is 0 Å². The SMILES string of the molecule is ClCc1nnc2cc(-c3nc(-c4ccccc4)no3)ccn12. The summed E-state index contributed by atoms with van der Waals surface area (Å²) in [6.07, 6.45) is 1.84. The molecule has 0 atom stereocenters. The summed E-state index contributed by atoms with van der Waals surface area (Å²) in [6, 6.07) is 13.4. The van der Waals surface area contributed by atoms with Gasteiger partial charge in [-0.3, -0.25) is 4.40 Å². The zero-order valence-corrected chi connectivity index (χ0v) is 12.1. The van der Waals surface area contributed by atoms with Crippen LogP contribution in [0.3, 0.4) is 0 Å².